The molecule has 1 amide bonds. The number of amides is 1. The number of hydrogen-bond donors (Lipinski definition) is 2. The van der Waals surface area contributed by atoms with E-state index in [9.17, 15) is 9.90 Å². The van der Waals surface area contributed by atoms with Gasteiger partial charge in [-0.1, -0.05) is 44.8 Å². The van der Waals surface area contributed by atoms with E-state index in [4.69, 9.17) is 0 Å². The van der Waals surface area contributed by atoms with Gasteiger partial charge in [0.15, 0.2) is 0 Å². The molecule has 0 radical (unpaired) electrons. The summed E-state index contributed by atoms with van der Waals surface area (Å²) in [5, 5.41) is 11.9. The van der Waals surface area contributed by atoms with Gasteiger partial charge in [0, 0.05) is 7.05 Å². The first-order chi connectivity index (χ1) is 7.70. The van der Waals surface area contributed by atoms with Gasteiger partial charge in [-0.2, -0.15) is 0 Å². The average molecular weight is 227 g/mol. The van der Waals surface area contributed by atoms with Crippen LogP contribution in [0.2, 0.25) is 0 Å². The molecular formula is C13H25NO2. The van der Waals surface area contributed by atoms with Gasteiger partial charge in [-0.3, -0.25) is 4.79 Å². The SMILES string of the molecule is CCCCCCC/C=C\C(O)CC(=O)NC. The van der Waals surface area contributed by atoms with Gasteiger partial charge in [-0.05, 0) is 12.8 Å². The fourth-order valence-corrected chi connectivity index (χ4v) is 1.48. The second kappa shape index (κ2) is 10.7. The van der Waals surface area contributed by atoms with E-state index < -0.39 is 6.10 Å². The molecule has 1 unspecified atom stereocenters. The minimum absolute atomic E-state index is 0.125. The first-order valence-corrected chi connectivity index (χ1v) is 6.26. The van der Waals surface area contributed by atoms with Crippen molar-refractivity contribution in [2.45, 2.75) is 58.0 Å². The van der Waals surface area contributed by atoms with Gasteiger partial charge in [-0.15, -0.1) is 0 Å². The van der Waals surface area contributed by atoms with E-state index in [1.165, 1.54) is 32.1 Å². The predicted octanol–water partition coefficient (Wildman–Crippen LogP) is 2.40. The Balaban J connectivity index is 3.41. The summed E-state index contributed by atoms with van der Waals surface area (Å²) in [4.78, 5) is 10.9. The molecule has 0 aliphatic carbocycles. The van der Waals surface area contributed by atoms with Crippen molar-refractivity contribution in [3.8, 4) is 0 Å². The van der Waals surface area contributed by atoms with Crippen molar-refractivity contribution < 1.29 is 9.90 Å². The normalized spacial score (nSPS) is 12.9. The summed E-state index contributed by atoms with van der Waals surface area (Å²) >= 11 is 0. The second-order valence-electron chi connectivity index (χ2n) is 4.08. The third-order valence-electron chi connectivity index (χ3n) is 2.51. The van der Waals surface area contributed by atoms with Crippen molar-refractivity contribution in [1.82, 2.24) is 5.32 Å². The highest BCUT2D eigenvalue weighted by atomic mass is 16.3. The van der Waals surface area contributed by atoms with E-state index in [1.807, 2.05) is 6.08 Å². The Kier molecular flexibility index (Phi) is 10.1. The molecule has 0 rings (SSSR count). The zero-order valence-corrected chi connectivity index (χ0v) is 10.5. The monoisotopic (exact) mass is 227 g/mol. The van der Waals surface area contributed by atoms with Crippen molar-refractivity contribution in [2.24, 2.45) is 0 Å². The molecule has 0 aliphatic rings. The molecule has 94 valence electrons. The highest BCUT2D eigenvalue weighted by molar-refractivity contribution is 5.76. The van der Waals surface area contributed by atoms with Gasteiger partial charge in [-0.25, -0.2) is 0 Å². The quantitative estimate of drug-likeness (QED) is 0.469. The zero-order chi connectivity index (χ0) is 12.2. The summed E-state index contributed by atoms with van der Waals surface area (Å²) in [5.41, 5.74) is 0. The summed E-state index contributed by atoms with van der Waals surface area (Å²) in [6, 6.07) is 0. The maximum Gasteiger partial charge on any atom is 0.222 e. The molecule has 0 heterocycles. The maximum absolute atomic E-state index is 10.9. The van der Waals surface area contributed by atoms with Crippen molar-refractivity contribution >= 4 is 5.91 Å². The predicted molar refractivity (Wildman–Crippen MR) is 67.2 cm³/mol. The number of allylic oxidation sites excluding steroid dienone is 1. The Bertz CT molecular complexity index is 202. The Labute approximate surface area is 98.9 Å². The van der Waals surface area contributed by atoms with E-state index in [0.717, 1.165) is 6.42 Å². The highest BCUT2D eigenvalue weighted by Crippen LogP contribution is 2.06. The summed E-state index contributed by atoms with van der Waals surface area (Å²) in [6.45, 7) is 2.20. The van der Waals surface area contributed by atoms with Gasteiger partial charge in [0.05, 0.1) is 12.5 Å². The molecule has 0 bridgehead atoms. The lowest BCUT2D eigenvalue weighted by molar-refractivity contribution is -0.121. The van der Waals surface area contributed by atoms with Crippen LogP contribution in [0.3, 0.4) is 0 Å². The summed E-state index contributed by atoms with van der Waals surface area (Å²) < 4.78 is 0. The van der Waals surface area contributed by atoms with E-state index in [1.54, 1.807) is 13.1 Å². The number of aliphatic hydroxyl groups is 1. The van der Waals surface area contributed by atoms with Crippen LogP contribution in [0.25, 0.3) is 0 Å². The number of rotatable bonds is 9. The fourth-order valence-electron chi connectivity index (χ4n) is 1.48. The largest absolute Gasteiger partial charge is 0.389 e. The number of carbonyl (C=O) groups is 1. The first kappa shape index (κ1) is 15.2. The molecule has 2 N–H and O–H groups in total. The molecule has 0 aromatic carbocycles. The first-order valence-electron chi connectivity index (χ1n) is 6.26. The minimum Gasteiger partial charge on any atom is -0.389 e. The van der Waals surface area contributed by atoms with Gasteiger partial charge in [0.25, 0.3) is 0 Å². The molecule has 1 atom stereocenters. The van der Waals surface area contributed by atoms with E-state index >= 15 is 0 Å². The van der Waals surface area contributed by atoms with E-state index in [-0.39, 0.29) is 12.3 Å². The Morgan fingerprint density at radius 2 is 2.00 bits per heavy atom. The van der Waals surface area contributed by atoms with Gasteiger partial charge < -0.3 is 10.4 Å². The lowest BCUT2D eigenvalue weighted by Crippen LogP contribution is -2.22. The van der Waals surface area contributed by atoms with Crippen LogP contribution >= 0.6 is 0 Å². The summed E-state index contributed by atoms with van der Waals surface area (Å²) in [5.74, 6) is -0.125. The molecule has 0 aromatic rings. The summed E-state index contributed by atoms with van der Waals surface area (Å²) in [6.07, 6.45) is 10.5. The van der Waals surface area contributed by atoms with Gasteiger partial charge >= 0.3 is 0 Å². The lowest BCUT2D eigenvalue weighted by atomic mass is 10.1. The number of aliphatic hydroxyl groups excluding tert-OH is 1. The second-order valence-corrected chi connectivity index (χ2v) is 4.08. The molecule has 0 saturated carbocycles. The van der Waals surface area contributed by atoms with Crippen LogP contribution in [0, 0.1) is 0 Å². The van der Waals surface area contributed by atoms with Crippen molar-refractivity contribution in [2.75, 3.05) is 7.05 Å². The van der Waals surface area contributed by atoms with Gasteiger partial charge in [0.2, 0.25) is 5.91 Å². The molecule has 0 saturated heterocycles. The van der Waals surface area contributed by atoms with Crippen molar-refractivity contribution in [1.29, 1.82) is 0 Å². The number of unbranched alkanes of at least 4 members (excludes halogenated alkanes) is 5. The van der Waals surface area contributed by atoms with Crippen molar-refractivity contribution in [3.63, 3.8) is 0 Å². The molecule has 3 nitrogen and oxygen atoms in total. The molecule has 0 aromatic heterocycles. The minimum atomic E-state index is -0.643. The fraction of sp³-hybridized carbons (Fsp3) is 0.769. The Morgan fingerprint density at radius 1 is 1.31 bits per heavy atom. The molecule has 3 heteroatoms. The van der Waals surface area contributed by atoms with Gasteiger partial charge in [0.1, 0.15) is 0 Å². The Hall–Kier alpha value is -0.830. The Morgan fingerprint density at radius 3 is 2.62 bits per heavy atom. The van der Waals surface area contributed by atoms with Crippen LogP contribution in [-0.4, -0.2) is 24.2 Å². The third kappa shape index (κ3) is 9.71. The molecule has 0 spiro atoms. The van der Waals surface area contributed by atoms with E-state index in [2.05, 4.69) is 12.2 Å². The number of carbonyl (C=O) groups excluding carboxylic acids is 1. The molecular weight excluding hydrogens is 202 g/mol. The lowest BCUT2D eigenvalue weighted by Gasteiger charge is -2.03. The summed E-state index contributed by atoms with van der Waals surface area (Å²) in [7, 11) is 1.58. The van der Waals surface area contributed by atoms with Crippen LogP contribution < -0.4 is 5.32 Å². The van der Waals surface area contributed by atoms with Crippen LogP contribution in [0.1, 0.15) is 51.9 Å². The zero-order valence-electron chi connectivity index (χ0n) is 10.5. The van der Waals surface area contributed by atoms with Crippen molar-refractivity contribution in [3.05, 3.63) is 12.2 Å². The van der Waals surface area contributed by atoms with Crippen LogP contribution in [0.15, 0.2) is 12.2 Å². The number of hydrogen-bond acceptors (Lipinski definition) is 2. The van der Waals surface area contributed by atoms with Crippen LogP contribution in [-0.2, 0) is 4.79 Å². The van der Waals surface area contributed by atoms with E-state index in [0.29, 0.717) is 0 Å². The standard InChI is InChI=1S/C13H25NO2/c1-3-4-5-6-7-8-9-10-12(15)11-13(16)14-2/h9-10,12,15H,3-8,11H2,1-2H3,(H,14,16)/b10-9-. The topological polar surface area (TPSA) is 49.3 Å². The van der Waals surface area contributed by atoms with Crippen LogP contribution in [0.5, 0.6) is 0 Å². The average Bonchev–Trinajstić information content (AvgIpc) is 2.27. The molecule has 16 heavy (non-hydrogen) atoms. The number of nitrogens with one attached hydrogen (secondary N) is 1. The maximum atomic E-state index is 10.9. The van der Waals surface area contributed by atoms with Crippen LogP contribution in [0.4, 0.5) is 0 Å². The highest BCUT2D eigenvalue weighted by Gasteiger charge is 2.04. The smallest absolute Gasteiger partial charge is 0.222 e. The molecule has 0 fully saturated rings. The third-order valence-corrected chi connectivity index (χ3v) is 2.51. The molecule has 0 aliphatic heterocycles.